The Kier molecular flexibility index (Phi) is 4.67. The van der Waals surface area contributed by atoms with Crippen LogP contribution in [0.1, 0.15) is 23.7 Å². The molecule has 0 unspecified atom stereocenters. The van der Waals surface area contributed by atoms with E-state index in [1.165, 1.54) is 11.1 Å². The zero-order chi connectivity index (χ0) is 18.9. The minimum Gasteiger partial charge on any atom is -0.483 e. The summed E-state index contributed by atoms with van der Waals surface area (Å²) in [5.41, 5.74) is 9.48. The van der Waals surface area contributed by atoms with Crippen molar-refractivity contribution in [3.63, 3.8) is 0 Å². The van der Waals surface area contributed by atoms with Crippen molar-refractivity contribution in [2.24, 2.45) is 0 Å². The van der Waals surface area contributed by atoms with Gasteiger partial charge in [-0.05, 0) is 53.6 Å². The number of anilines is 1. The highest BCUT2D eigenvalue weighted by molar-refractivity contribution is 5.90. The Bertz CT molecular complexity index is 981. The summed E-state index contributed by atoms with van der Waals surface area (Å²) in [5.74, 6) is 0.928. The first-order valence-corrected chi connectivity index (χ1v) is 10.1. The zero-order valence-corrected chi connectivity index (χ0v) is 16.0. The number of rotatable bonds is 3. The van der Waals surface area contributed by atoms with E-state index in [4.69, 9.17) is 15.2 Å². The first kappa shape index (κ1) is 17.5. The molecule has 0 aromatic heterocycles. The molecule has 0 amide bonds. The van der Waals surface area contributed by atoms with Crippen LogP contribution in [0.25, 0.3) is 10.8 Å². The molecule has 2 N–H and O–H groups in total. The van der Waals surface area contributed by atoms with Crippen LogP contribution in [-0.4, -0.2) is 37.2 Å². The molecule has 0 bridgehead atoms. The number of benzene rings is 3. The molecule has 4 heteroatoms. The maximum Gasteiger partial charge on any atom is 0.139 e. The number of nitrogen functional groups attached to an aromatic ring is 1. The largest absolute Gasteiger partial charge is 0.483 e. The van der Waals surface area contributed by atoms with Crippen molar-refractivity contribution in [3.05, 3.63) is 71.8 Å². The third kappa shape index (κ3) is 3.23. The molecule has 0 spiro atoms. The number of morpholine rings is 1. The van der Waals surface area contributed by atoms with E-state index >= 15 is 0 Å². The van der Waals surface area contributed by atoms with Gasteiger partial charge in [-0.15, -0.1) is 0 Å². The number of nitrogens with two attached hydrogens (primary N) is 1. The average Bonchev–Trinajstić information content (AvgIpc) is 2.74. The van der Waals surface area contributed by atoms with E-state index in [0.29, 0.717) is 6.04 Å². The minimum absolute atomic E-state index is 0.0196. The summed E-state index contributed by atoms with van der Waals surface area (Å²) < 4.78 is 12.4. The first-order chi connectivity index (χ1) is 13.8. The Morgan fingerprint density at radius 2 is 1.82 bits per heavy atom. The molecule has 0 saturated carbocycles. The van der Waals surface area contributed by atoms with E-state index in [0.717, 1.165) is 61.4 Å². The third-order valence-electron chi connectivity index (χ3n) is 6.05. The predicted octanol–water partition coefficient (Wildman–Crippen LogP) is 4.19. The van der Waals surface area contributed by atoms with Crippen LogP contribution < -0.4 is 10.5 Å². The van der Waals surface area contributed by atoms with Gasteiger partial charge in [0.25, 0.3) is 0 Å². The Morgan fingerprint density at radius 3 is 2.71 bits per heavy atom. The molecule has 144 valence electrons. The van der Waals surface area contributed by atoms with E-state index in [-0.39, 0.29) is 6.10 Å². The molecular formula is C24H26N2O2. The molecule has 28 heavy (non-hydrogen) atoms. The van der Waals surface area contributed by atoms with Gasteiger partial charge in [0.15, 0.2) is 0 Å². The highest BCUT2D eigenvalue weighted by Crippen LogP contribution is 2.39. The molecule has 1 aliphatic heterocycles. The second kappa shape index (κ2) is 7.46. The fraction of sp³-hybridized carbons (Fsp3) is 0.333. The van der Waals surface area contributed by atoms with E-state index in [1.54, 1.807) is 0 Å². The second-order valence-electron chi connectivity index (χ2n) is 7.73. The highest BCUT2D eigenvalue weighted by Gasteiger charge is 2.36. The van der Waals surface area contributed by atoms with Gasteiger partial charge in [0, 0.05) is 24.2 Å². The van der Waals surface area contributed by atoms with Crippen molar-refractivity contribution in [3.8, 4) is 5.75 Å². The van der Waals surface area contributed by atoms with Gasteiger partial charge in [0.1, 0.15) is 11.9 Å². The molecule has 1 fully saturated rings. The van der Waals surface area contributed by atoms with Gasteiger partial charge in [-0.25, -0.2) is 0 Å². The van der Waals surface area contributed by atoms with Crippen molar-refractivity contribution in [1.29, 1.82) is 0 Å². The van der Waals surface area contributed by atoms with Crippen molar-refractivity contribution in [1.82, 2.24) is 4.90 Å². The van der Waals surface area contributed by atoms with Crippen molar-refractivity contribution < 1.29 is 9.47 Å². The summed E-state index contributed by atoms with van der Waals surface area (Å²) in [6.45, 7) is 3.55. The fourth-order valence-electron chi connectivity index (χ4n) is 4.64. The van der Waals surface area contributed by atoms with E-state index in [2.05, 4.69) is 53.4 Å². The second-order valence-corrected chi connectivity index (χ2v) is 7.73. The SMILES string of the molecule is Nc1ccc2c(O[C@H]3c4ccccc4CC[C@@H]3N3CCOCC3)cccc2c1. The van der Waals surface area contributed by atoms with Gasteiger partial charge in [-0.2, -0.15) is 0 Å². The molecule has 1 saturated heterocycles. The van der Waals surface area contributed by atoms with Gasteiger partial charge in [0.05, 0.1) is 19.3 Å². The number of hydrogen-bond donors (Lipinski definition) is 1. The molecule has 4 nitrogen and oxygen atoms in total. The standard InChI is InChI=1S/C24H26N2O2/c25-19-9-10-20-18(16-19)5-3-7-23(20)28-24-21-6-2-1-4-17(21)8-11-22(24)26-12-14-27-15-13-26/h1-7,9-10,16,22,24H,8,11-15,25H2/t22-,24-/m0/s1. The number of nitrogens with zero attached hydrogens (tertiary/aromatic N) is 1. The Balaban J connectivity index is 1.55. The molecule has 3 aromatic carbocycles. The minimum atomic E-state index is 0.0196. The molecule has 5 rings (SSSR count). The predicted molar refractivity (Wildman–Crippen MR) is 113 cm³/mol. The number of hydrogen-bond acceptors (Lipinski definition) is 4. The summed E-state index contributed by atoms with van der Waals surface area (Å²) in [4.78, 5) is 2.55. The van der Waals surface area contributed by atoms with E-state index in [9.17, 15) is 0 Å². The van der Waals surface area contributed by atoms with Crippen molar-refractivity contribution >= 4 is 16.5 Å². The number of aryl methyl sites for hydroxylation is 1. The molecule has 3 aromatic rings. The maximum atomic E-state index is 6.78. The summed E-state index contributed by atoms with van der Waals surface area (Å²) >= 11 is 0. The van der Waals surface area contributed by atoms with Gasteiger partial charge >= 0.3 is 0 Å². The topological polar surface area (TPSA) is 47.7 Å². The summed E-state index contributed by atoms with van der Waals surface area (Å²) in [7, 11) is 0. The average molecular weight is 374 g/mol. The molecule has 1 aliphatic carbocycles. The molecule has 2 aliphatic rings. The smallest absolute Gasteiger partial charge is 0.139 e. The van der Waals surface area contributed by atoms with Crippen LogP contribution in [0.5, 0.6) is 5.75 Å². The van der Waals surface area contributed by atoms with E-state index < -0.39 is 0 Å². The van der Waals surface area contributed by atoms with Crippen LogP contribution in [-0.2, 0) is 11.2 Å². The van der Waals surface area contributed by atoms with Crippen molar-refractivity contribution in [2.75, 3.05) is 32.0 Å². The number of ether oxygens (including phenoxy) is 2. The zero-order valence-electron chi connectivity index (χ0n) is 16.0. The lowest BCUT2D eigenvalue weighted by Gasteiger charge is -2.42. The Labute approximate surface area is 165 Å². The third-order valence-corrected chi connectivity index (χ3v) is 6.05. The molecule has 2 atom stereocenters. The van der Waals surface area contributed by atoms with Crippen LogP contribution in [0.3, 0.4) is 0 Å². The van der Waals surface area contributed by atoms with Crippen LogP contribution in [0.15, 0.2) is 60.7 Å². The summed E-state index contributed by atoms with van der Waals surface area (Å²) in [6, 6.07) is 21.3. The van der Waals surface area contributed by atoms with Gasteiger partial charge in [-0.3, -0.25) is 4.90 Å². The fourth-order valence-corrected chi connectivity index (χ4v) is 4.64. The van der Waals surface area contributed by atoms with Crippen LogP contribution >= 0.6 is 0 Å². The maximum absolute atomic E-state index is 6.78. The Morgan fingerprint density at radius 1 is 0.964 bits per heavy atom. The Hall–Kier alpha value is -2.56. The number of fused-ring (bicyclic) bond motifs is 2. The molecular weight excluding hydrogens is 348 g/mol. The lowest BCUT2D eigenvalue weighted by molar-refractivity contribution is -0.0211. The summed E-state index contributed by atoms with van der Waals surface area (Å²) in [6.07, 6.45) is 2.23. The van der Waals surface area contributed by atoms with Gasteiger partial charge in [0.2, 0.25) is 0 Å². The quantitative estimate of drug-likeness (QED) is 0.699. The van der Waals surface area contributed by atoms with Crippen molar-refractivity contribution in [2.45, 2.75) is 25.0 Å². The lowest BCUT2D eigenvalue weighted by Crippen LogP contribution is -2.49. The summed E-state index contributed by atoms with van der Waals surface area (Å²) in [5, 5.41) is 2.23. The normalized spacial score (nSPS) is 22.7. The van der Waals surface area contributed by atoms with Crippen LogP contribution in [0.2, 0.25) is 0 Å². The van der Waals surface area contributed by atoms with E-state index in [1.807, 2.05) is 12.1 Å². The van der Waals surface area contributed by atoms with Gasteiger partial charge in [-0.1, -0.05) is 36.4 Å². The van der Waals surface area contributed by atoms with Crippen LogP contribution in [0.4, 0.5) is 5.69 Å². The lowest BCUT2D eigenvalue weighted by atomic mass is 9.84. The van der Waals surface area contributed by atoms with Crippen LogP contribution in [0, 0.1) is 0 Å². The van der Waals surface area contributed by atoms with Gasteiger partial charge < -0.3 is 15.2 Å². The molecule has 0 radical (unpaired) electrons. The monoisotopic (exact) mass is 374 g/mol. The highest BCUT2D eigenvalue weighted by atomic mass is 16.5. The molecule has 1 heterocycles. The first-order valence-electron chi connectivity index (χ1n) is 10.1.